The molecule has 0 radical (unpaired) electrons. The van der Waals surface area contributed by atoms with Crippen molar-refractivity contribution in [1.82, 2.24) is 19.9 Å². The van der Waals surface area contributed by atoms with Crippen LogP contribution in [0.3, 0.4) is 0 Å². The lowest BCUT2D eigenvalue weighted by Crippen LogP contribution is -2.20. The molecule has 3 N–H and O–H groups in total. The maximum atomic E-state index is 11.6. The SMILES string of the molecule is CN(CCCOc1cccc(-c2nc3c(C(N)=O)cccc3[nH]2)n1)Cc1ccccc1. The summed E-state index contributed by atoms with van der Waals surface area (Å²) in [6.45, 7) is 2.41. The molecule has 0 bridgehead atoms. The van der Waals surface area contributed by atoms with Crippen LogP contribution < -0.4 is 10.5 Å². The molecule has 158 valence electrons. The van der Waals surface area contributed by atoms with Gasteiger partial charge in [0.15, 0.2) is 5.82 Å². The summed E-state index contributed by atoms with van der Waals surface area (Å²) in [5.74, 6) is 0.599. The van der Waals surface area contributed by atoms with E-state index in [9.17, 15) is 4.79 Å². The number of benzene rings is 2. The Kier molecular flexibility index (Phi) is 6.24. The van der Waals surface area contributed by atoms with Gasteiger partial charge in [-0.1, -0.05) is 42.5 Å². The van der Waals surface area contributed by atoms with Crippen LogP contribution in [0.5, 0.6) is 5.88 Å². The van der Waals surface area contributed by atoms with E-state index >= 15 is 0 Å². The fraction of sp³-hybridized carbons (Fsp3) is 0.208. The average molecular weight is 415 g/mol. The molecule has 2 heterocycles. The summed E-state index contributed by atoms with van der Waals surface area (Å²) in [4.78, 5) is 26.2. The fourth-order valence-corrected chi connectivity index (χ4v) is 3.46. The second-order valence-corrected chi connectivity index (χ2v) is 7.44. The van der Waals surface area contributed by atoms with Crippen LogP contribution >= 0.6 is 0 Å². The summed E-state index contributed by atoms with van der Waals surface area (Å²) < 4.78 is 5.85. The quantitative estimate of drug-likeness (QED) is 0.407. The molecule has 31 heavy (non-hydrogen) atoms. The smallest absolute Gasteiger partial charge is 0.250 e. The number of hydrogen-bond acceptors (Lipinski definition) is 5. The number of para-hydroxylation sites is 1. The molecule has 4 aromatic rings. The zero-order chi connectivity index (χ0) is 21.6. The van der Waals surface area contributed by atoms with E-state index in [0.29, 0.717) is 35.1 Å². The van der Waals surface area contributed by atoms with Crippen molar-refractivity contribution in [3.05, 3.63) is 77.9 Å². The molecule has 0 atom stereocenters. The number of nitrogens with two attached hydrogens (primary N) is 1. The third-order valence-electron chi connectivity index (χ3n) is 4.97. The highest BCUT2D eigenvalue weighted by molar-refractivity contribution is 6.04. The number of aromatic amines is 1. The first-order chi connectivity index (χ1) is 15.1. The molecule has 0 fully saturated rings. The Bertz CT molecular complexity index is 1170. The highest BCUT2D eigenvalue weighted by Crippen LogP contribution is 2.23. The molecule has 0 spiro atoms. The van der Waals surface area contributed by atoms with Crippen molar-refractivity contribution in [3.8, 4) is 17.4 Å². The van der Waals surface area contributed by atoms with Crippen LogP contribution in [0, 0.1) is 0 Å². The number of ether oxygens (including phenoxy) is 1. The number of carbonyl (C=O) groups is 1. The molecule has 2 aromatic carbocycles. The summed E-state index contributed by atoms with van der Waals surface area (Å²) in [7, 11) is 2.10. The summed E-state index contributed by atoms with van der Waals surface area (Å²) in [5, 5.41) is 0. The number of rotatable bonds is 9. The number of H-pyrrole nitrogens is 1. The van der Waals surface area contributed by atoms with Gasteiger partial charge in [0.2, 0.25) is 5.88 Å². The summed E-state index contributed by atoms with van der Waals surface area (Å²) in [6.07, 6.45) is 0.891. The summed E-state index contributed by atoms with van der Waals surface area (Å²) in [5.41, 5.74) is 9.05. The molecule has 0 aliphatic rings. The van der Waals surface area contributed by atoms with Gasteiger partial charge in [-0.25, -0.2) is 9.97 Å². The molecule has 1 amide bonds. The first-order valence-corrected chi connectivity index (χ1v) is 10.2. The minimum atomic E-state index is -0.508. The van der Waals surface area contributed by atoms with Crippen molar-refractivity contribution in [3.63, 3.8) is 0 Å². The molecule has 7 heteroatoms. The lowest BCUT2D eigenvalue weighted by Gasteiger charge is -2.16. The molecule has 0 saturated heterocycles. The van der Waals surface area contributed by atoms with E-state index in [2.05, 4.69) is 51.2 Å². The van der Waals surface area contributed by atoms with Gasteiger partial charge >= 0.3 is 0 Å². The zero-order valence-corrected chi connectivity index (χ0v) is 17.4. The number of imidazole rings is 1. The predicted octanol–water partition coefficient (Wildman–Crippen LogP) is 3.62. The predicted molar refractivity (Wildman–Crippen MR) is 121 cm³/mol. The highest BCUT2D eigenvalue weighted by atomic mass is 16.5. The molecular weight excluding hydrogens is 390 g/mol. The van der Waals surface area contributed by atoms with Gasteiger partial charge in [0, 0.05) is 19.2 Å². The standard InChI is InChI=1S/C24H25N5O2/c1-29(16-17-8-3-2-4-9-17)14-7-15-31-21-13-6-12-20(26-21)24-27-19-11-5-10-18(23(25)30)22(19)28-24/h2-6,8-13H,7,14-16H2,1H3,(H2,25,30)(H,27,28). The maximum Gasteiger partial charge on any atom is 0.250 e. The van der Waals surface area contributed by atoms with Crippen LogP contribution in [0.2, 0.25) is 0 Å². The van der Waals surface area contributed by atoms with Crippen molar-refractivity contribution < 1.29 is 9.53 Å². The van der Waals surface area contributed by atoms with E-state index in [-0.39, 0.29) is 0 Å². The van der Waals surface area contributed by atoms with Gasteiger partial charge in [-0.3, -0.25) is 4.79 Å². The van der Waals surface area contributed by atoms with E-state index in [1.54, 1.807) is 12.1 Å². The second kappa shape index (κ2) is 9.40. The summed E-state index contributed by atoms with van der Waals surface area (Å²) in [6, 6.07) is 21.2. The maximum absolute atomic E-state index is 11.6. The van der Waals surface area contributed by atoms with Gasteiger partial charge in [0.05, 0.1) is 17.7 Å². The molecule has 4 rings (SSSR count). The Hall–Kier alpha value is -3.71. The third kappa shape index (κ3) is 5.07. The normalized spacial score (nSPS) is 11.2. The highest BCUT2D eigenvalue weighted by Gasteiger charge is 2.13. The van der Waals surface area contributed by atoms with E-state index in [4.69, 9.17) is 10.5 Å². The Morgan fingerprint density at radius 1 is 1.03 bits per heavy atom. The van der Waals surface area contributed by atoms with Crippen molar-refractivity contribution in [2.24, 2.45) is 5.73 Å². The molecule has 2 aromatic heterocycles. The Labute approximate surface area is 180 Å². The number of nitrogens with one attached hydrogen (secondary N) is 1. The number of pyridine rings is 1. The molecule has 0 aliphatic heterocycles. The van der Waals surface area contributed by atoms with Gasteiger partial charge in [-0.15, -0.1) is 0 Å². The van der Waals surface area contributed by atoms with Crippen molar-refractivity contribution in [1.29, 1.82) is 0 Å². The minimum absolute atomic E-state index is 0.382. The minimum Gasteiger partial charge on any atom is -0.478 e. The molecule has 0 saturated carbocycles. The number of nitrogens with zero attached hydrogens (tertiary/aromatic N) is 3. The first-order valence-electron chi connectivity index (χ1n) is 10.2. The van der Waals surface area contributed by atoms with E-state index in [1.165, 1.54) is 5.56 Å². The number of aromatic nitrogens is 3. The Balaban J connectivity index is 1.36. The van der Waals surface area contributed by atoms with Crippen LogP contribution in [0.25, 0.3) is 22.6 Å². The van der Waals surface area contributed by atoms with E-state index < -0.39 is 5.91 Å². The zero-order valence-electron chi connectivity index (χ0n) is 17.4. The molecule has 7 nitrogen and oxygen atoms in total. The van der Waals surface area contributed by atoms with Crippen LogP contribution in [0.1, 0.15) is 22.3 Å². The lowest BCUT2D eigenvalue weighted by molar-refractivity contribution is 0.100. The number of amides is 1. The monoisotopic (exact) mass is 415 g/mol. The molecule has 0 aliphatic carbocycles. The Morgan fingerprint density at radius 2 is 1.84 bits per heavy atom. The van der Waals surface area contributed by atoms with Gasteiger partial charge in [-0.2, -0.15) is 0 Å². The van der Waals surface area contributed by atoms with Crippen LogP contribution in [0.15, 0.2) is 66.7 Å². The summed E-state index contributed by atoms with van der Waals surface area (Å²) >= 11 is 0. The van der Waals surface area contributed by atoms with Gasteiger partial charge in [-0.05, 0) is 37.2 Å². The largest absolute Gasteiger partial charge is 0.478 e. The van der Waals surface area contributed by atoms with E-state index in [0.717, 1.165) is 25.0 Å². The molecule has 0 unspecified atom stereocenters. The van der Waals surface area contributed by atoms with Gasteiger partial charge in [0.25, 0.3) is 5.91 Å². The number of hydrogen-bond donors (Lipinski definition) is 2. The number of primary amides is 1. The average Bonchev–Trinajstić information content (AvgIpc) is 3.22. The van der Waals surface area contributed by atoms with Crippen molar-refractivity contribution in [2.45, 2.75) is 13.0 Å². The lowest BCUT2D eigenvalue weighted by atomic mass is 10.2. The van der Waals surface area contributed by atoms with Crippen LogP contribution in [0.4, 0.5) is 0 Å². The third-order valence-corrected chi connectivity index (χ3v) is 4.97. The van der Waals surface area contributed by atoms with Gasteiger partial charge < -0.3 is 20.4 Å². The van der Waals surface area contributed by atoms with E-state index in [1.807, 2.05) is 30.3 Å². The van der Waals surface area contributed by atoms with Crippen LogP contribution in [-0.4, -0.2) is 46.0 Å². The Morgan fingerprint density at radius 3 is 2.65 bits per heavy atom. The van der Waals surface area contributed by atoms with Crippen LogP contribution in [-0.2, 0) is 6.54 Å². The topological polar surface area (TPSA) is 97.1 Å². The van der Waals surface area contributed by atoms with Gasteiger partial charge in [0.1, 0.15) is 11.2 Å². The van der Waals surface area contributed by atoms with Crippen molar-refractivity contribution >= 4 is 16.9 Å². The number of carbonyl (C=O) groups excluding carboxylic acids is 1. The first kappa shape index (κ1) is 20.6. The fourth-order valence-electron chi connectivity index (χ4n) is 3.46. The van der Waals surface area contributed by atoms with Crippen molar-refractivity contribution in [2.75, 3.05) is 20.2 Å². The number of fused-ring (bicyclic) bond motifs is 1. The second-order valence-electron chi connectivity index (χ2n) is 7.44. The molecular formula is C24H25N5O2.